The van der Waals surface area contributed by atoms with Gasteiger partial charge in [0.1, 0.15) is 5.54 Å². The molecule has 0 aromatic heterocycles. The van der Waals surface area contributed by atoms with E-state index in [4.69, 9.17) is 15.2 Å². The average Bonchev–Trinajstić information content (AvgIpc) is 2.46. The molecule has 5 nitrogen and oxygen atoms in total. The fraction of sp³-hybridized carbons (Fsp3) is 0.467. The van der Waals surface area contributed by atoms with E-state index in [0.29, 0.717) is 12.2 Å². The molecular weight excluding hydrogens is 258 g/mol. The molecule has 1 atom stereocenters. The number of carbonyl (C=O) groups is 2. The summed E-state index contributed by atoms with van der Waals surface area (Å²) in [6.45, 7) is 4.00. The van der Waals surface area contributed by atoms with E-state index in [0.717, 1.165) is 0 Å². The summed E-state index contributed by atoms with van der Waals surface area (Å²) in [6, 6.07) is 8.92. The van der Waals surface area contributed by atoms with E-state index in [1.807, 2.05) is 6.07 Å². The van der Waals surface area contributed by atoms with Gasteiger partial charge in [0.2, 0.25) is 0 Å². The standard InChI is InChI=1S/C15H21NO4/c1-3-19-13(17)10-11-15(16,14(18)20-4-2)12-8-6-5-7-9-12/h5-9H,3-4,10-11,16H2,1-2H3. The molecule has 1 unspecified atom stereocenters. The fourth-order valence-electron chi connectivity index (χ4n) is 1.89. The van der Waals surface area contributed by atoms with Crippen molar-refractivity contribution >= 4 is 11.9 Å². The molecule has 0 saturated carbocycles. The van der Waals surface area contributed by atoms with E-state index in [2.05, 4.69) is 0 Å². The van der Waals surface area contributed by atoms with Crippen LogP contribution in [0, 0.1) is 0 Å². The van der Waals surface area contributed by atoms with Gasteiger partial charge in [-0.25, -0.2) is 4.79 Å². The highest BCUT2D eigenvalue weighted by Gasteiger charge is 2.37. The van der Waals surface area contributed by atoms with Crippen LogP contribution in [0.3, 0.4) is 0 Å². The quantitative estimate of drug-likeness (QED) is 0.769. The zero-order valence-electron chi connectivity index (χ0n) is 11.9. The Morgan fingerprint density at radius 3 is 2.25 bits per heavy atom. The topological polar surface area (TPSA) is 78.6 Å². The number of esters is 2. The summed E-state index contributed by atoms with van der Waals surface area (Å²) < 4.78 is 9.90. The molecular formula is C15H21NO4. The Labute approximate surface area is 119 Å². The summed E-state index contributed by atoms with van der Waals surface area (Å²) in [6.07, 6.45) is 0.215. The molecule has 20 heavy (non-hydrogen) atoms. The Morgan fingerprint density at radius 1 is 1.10 bits per heavy atom. The summed E-state index contributed by atoms with van der Waals surface area (Å²) in [5.41, 5.74) is 5.51. The van der Waals surface area contributed by atoms with Gasteiger partial charge in [-0.05, 0) is 25.8 Å². The van der Waals surface area contributed by atoms with Crippen molar-refractivity contribution in [3.05, 3.63) is 35.9 Å². The van der Waals surface area contributed by atoms with Crippen LogP contribution < -0.4 is 5.73 Å². The Hall–Kier alpha value is -1.88. The highest BCUT2D eigenvalue weighted by atomic mass is 16.5. The third-order valence-electron chi connectivity index (χ3n) is 2.96. The van der Waals surface area contributed by atoms with Crippen molar-refractivity contribution in [3.8, 4) is 0 Å². The molecule has 1 aromatic carbocycles. The van der Waals surface area contributed by atoms with Crippen molar-refractivity contribution in [2.75, 3.05) is 13.2 Å². The van der Waals surface area contributed by atoms with Gasteiger partial charge >= 0.3 is 11.9 Å². The normalized spacial score (nSPS) is 13.3. The molecule has 0 fully saturated rings. The lowest BCUT2D eigenvalue weighted by Gasteiger charge is -2.27. The molecule has 0 bridgehead atoms. The smallest absolute Gasteiger partial charge is 0.330 e. The molecule has 5 heteroatoms. The summed E-state index contributed by atoms with van der Waals surface area (Å²) >= 11 is 0. The predicted molar refractivity (Wildman–Crippen MR) is 74.8 cm³/mol. The third-order valence-corrected chi connectivity index (χ3v) is 2.96. The Kier molecular flexibility index (Phi) is 6.18. The van der Waals surface area contributed by atoms with Crippen molar-refractivity contribution in [2.45, 2.75) is 32.2 Å². The van der Waals surface area contributed by atoms with Gasteiger partial charge in [0.15, 0.2) is 0 Å². The average molecular weight is 279 g/mol. The van der Waals surface area contributed by atoms with E-state index in [9.17, 15) is 9.59 Å². The molecule has 0 aliphatic carbocycles. The Bertz CT molecular complexity index is 446. The van der Waals surface area contributed by atoms with Gasteiger partial charge < -0.3 is 15.2 Å². The monoisotopic (exact) mass is 279 g/mol. The van der Waals surface area contributed by atoms with Crippen LogP contribution in [0.2, 0.25) is 0 Å². The molecule has 0 radical (unpaired) electrons. The minimum Gasteiger partial charge on any atom is -0.466 e. The van der Waals surface area contributed by atoms with E-state index >= 15 is 0 Å². The highest BCUT2D eigenvalue weighted by molar-refractivity contribution is 5.83. The predicted octanol–water partition coefficient (Wildman–Crippen LogP) is 1.75. The zero-order chi connectivity index (χ0) is 15.0. The van der Waals surface area contributed by atoms with Crippen LogP contribution in [0.1, 0.15) is 32.3 Å². The summed E-state index contributed by atoms with van der Waals surface area (Å²) in [5, 5.41) is 0. The maximum absolute atomic E-state index is 12.1. The highest BCUT2D eigenvalue weighted by Crippen LogP contribution is 2.25. The second-order valence-corrected chi connectivity index (χ2v) is 4.36. The fourth-order valence-corrected chi connectivity index (χ4v) is 1.89. The number of carbonyl (C=O) groups excluding carboxylic acids is 2. The summed E-state index contributed by atoms with van der Waals surface area (Å²) in [7, 11) is 0. The van der Waals surface area contributed by atoms with Gasteiger partial charge in [0.25, 0.3) is 0 Å². The first-order chi connectivity index (χ1) is 9.54. The number of nitrogens with two attached hydrogens (primary N) is 1. The number of hydrogen-bond acceptors (Lipinski definition) is 5. The van der Waals surface area contributed by atoms with E-state index in [1.165, 1.54) is 0 Å². The van der Waals surface area contributed by atoms with Crippen molar-refractivity contribution in [3.63, 3.8) is 0 Å². The maximum atomic E-state index is 12.1. The van der Waals surface area contributed by atoms with Gasteiger partial charge in [0, 0.05) is 6.42 Å². The van der Waals surface area contributed by atoms with Gasteiger partial charge in [0.05, 0.1) is 13.2 Å². The van der Waals surface area contributed by atoms with Crippen molar-refractivity contribution < 1.29 is 19.1 Å². The lowest BCUT2D eigenvalue weighted by molar-refractivity contribution is -0.151. The second kappa shape index (κ2) is 7.65. The molecule has 0 aliphatic rings. The zero-order valence-corrected chi connectivity index (χ0v) is 11.9. The van der Waals surface area contributed by atoms with Crippen molar-refractivity contribution in [2.24, 2.45) is 5.73 Å². The first kappa shape index (κ1) is 16.2. The number of hydrogen-bond donors (Lipinski definition) is 1. The summed E-state index contributed by atoms with van der Waals surface area (Å²) in [4.78, 5) is 23.6. The van der Waals surface area contributed by atoms with Crippen LogP contribution in [0.5, 0.6) is 0 Å². The van der Waals surface area contributed by atoms with Crippen LogP contribution in [0.4, 0.5) is 0 Å². The summed E-state index contributed by atoms with van der Waals surface area (Å²) in [5.74, 6) is -0.905. The largest absolute Gasteiger partial charge is 0.466 e. The molecule has 0 heterocycles. The van der Waals surface area contributed by atoms with E-state index < -0.39 is 11.5 Å². The maximum Gasteiger partial charge on any atom is 0.330 e. The molecule has 1 rings (SSSR count). The lowest BCUT2D eigenvalue weighted by Crippen LogP contribution is -2.46. The molecule has 2 N–H and O–H groups in total. The van der Waals surface area contributed by atoms with E-state index in [-0.39, 0.29) is 25.4 Å². The number of ether oxygens (including phenoxy) is 2. The first-order valence-corrected chi connectivity index (χ1v) is 6.71. The minimum absolute atomic E-state index is 0.0675. The first-order valence-electron chi connectivity index (χ1n) is 6.71. The lowest BCUT2D eigenvalue weighted by atomic mass is 9.86. The number of rotatable bonds is 7. The van der Waals surface area contributed by atoms with Crippen molar-refractivity contribution in [1.29, 1.82) is 0 Å². The minimum atomic E-state index is -1.33. The van der Waals surface area contributed by atoms with Gasteiger partial charge in [-0.15, -0.1) is 0 Å². The molecule has 1 aromatic rings. The van der Waals surface area contributed by atoms with Crippen LogP contribution >= 0.6 is 0 Å². The Balaban J connectivity index is 2.90. The van der Waals surface area contributed by atoms with Crippen LogP contribution in [0.15, 0.2) is 30.3 Å². The number of benzene rings is 1. The van der Waals surface area contributed by atoms with Crippen LogP contribution in [-0.2, 0) is 24.6 Å². The SMILES string of the molecule is CCOC(=O)CCC(N)(C(=O)OCC)c1ccccc1. The molecule has 0 aliphatic heterocycles. The van der Waals surface area contributed by atoms with Crippen molar-refractivity contribution in [1.82, 2.24) is 0 Å². The van der Waals surface area contributed by atoms with Gasteiger partial charge in [-0.3, -0.25) is 4.79 Å². The third kappa shape index (κ3) is 4.06. The van der Waals surface area contributed by atoms with Crippen LogP contribution in [0.25, 0.3) is 0 Å². The molecule has 0 saturated heterocycles. The molecule has 0 amide bonds. The Morgan fingerprint density at radius 2 is 1.70 bits per heavy atom. The molecule has 0 spiro atoms. The second-order valence-electron chi connectivity index (χ2n) is 4.36. The van der Waals surface area contributed by atoms with Crippen LogP contribution in [-0.4, -0.2) is 25.2 Å². The van der Waals surface area contributed by atoms with E-state index in [1.54, 1.807) is 38.1 Å². The van der Waals surface area contributed by atoms with Gasteiger partial charge in [-0.2, -0.15) is 0 Å². The molecule has 110 valence electrons. The van der Waals surface area contributed by atoms with Gasteiger partial charge in [-0.1, -0.05) is 30.3 Å².